The second kappa shape index (κ2) is 4.12. The summed E-state index contributed by atoms with van der Waals surface area (Å²) < 4.78 is 0. The molecular weight excluding hydrogens is 200 g/mol. The van der Waals surface area contributed by atoms with Gasteiger partial charge in [-0.25, -0.2) is 4.98 Å². The Labute approximate surface area is 94.8 Å². The number of anilines is 1. The van der Waals surface area contributed by atoms with Gasteiger partial charge in [-0.2, -0.15) is 0 Å². The monoisotopic (exact) mass is 216 g/mol. The van der Waals surface area contributed by atoms with E-state index in [1.165, 1.54) is 32.1 Å². The van der Waals surface area contributed by atoms with Gasteiger partial charge in [0.15, 0.2) is 0 Å². The van der Waals surface area contributed by atoms with Crippen LogP contribution in [0.25, 0.3) is 11.4 Å². The van der Waals surface area contributed by atoms with Gasteiger partial charge in [-0.05, 0) is 18.9 Å². The van der Waals surface area contributed by atoms with Crippen molar-refractivity contribution < 1.29 is 0 Å². The number of aromatic nitrogens is 3. The molecule has 84 valence electrons. The van der Waals surface area contributed by atoms with E-state index in [0.29, 0.717) is 6.04 Å². The fraction of sp³-hybridized carbons (Fsp3) is 0.500. The Balaban J connectivity index is 1.76. The maximum atomic E-state index is 4.34. The summed E-state index contributed by atoms with van der Waals surface area (Å²) in [5, 5.41) is 3.47. The first kappa shape index (κ1) is 9.63. The summed E-state index contributed by atoms with van der Waals surface area (Å²) in [6.45, 7) is 0. The Morgan fingerprint density at radius 3 is 2.94 bits per heavy atom. The molecule has 0 radical (unpaired) electrons. The first-order valence-electron chi connectivity index (χ1n) is 5.98. The van der Waals surface area contributed by atoms with Crippen LogP contribution in [0.1, 0.15) is 32.1 Å². The number of hydrogen-bond donors (Lipinski definition) is 2. The topological polar surface area (TPSA) is 53.6 Å². The third-order valence-electron chi connectivity index (χ3n) is 3.25. The highest BCUT2D eigenvalue weighted by Crippen LogP contribution is 2.22. The molecule has 3 rings (SSSR count). The molecule has 2 N–H and O–H groups in total. The van der Waals surface area contributed by atoms with Crippen LogP contribution in [-0.2, 0) is 0 Å². The molecule has 0 spiro atoms. The number of aromatic amines is 1. The van der Waals surface area contributed by atoms with E-state index in [0.717, 1.165) is 17.3 Å². The van der Waals surface area contributed by atoms with Gasteiger partial charge in [-0.15, -0.1) is 0 Å². The quantitative estimate of drug-likeness (QED) is 0.811. The number of nitrogens with zero attached hydrogens (tertiary/aromatic N) is 2. The van der Waals surface area contributed by atoms with E-state index in [2.05, 4.69) is 20.3 Å². The minimum absolute atomic E-state index is 0.581. The maximum Gasteiger partial charge on any atom is 0.200 e. The predicted octanol–water partition coefficient (Wildman–Crippen LogP) is 2.65. The van der Waals surface area contributed by atoms with Gasteiger partial charge < -0.3 is 10.3 Å². The van der Waals surface area contributed by atoms with E-state index in [4.69, 9.17) is 0 Å². The van der Waals surface area contributed by atoms with Gasteiger partial charge in [0.1, 0.15) is 5.69 Å². The van der Waals surface area contributed by atoms with Crippen LogP contribution in [0.2, 0.25) is 0 Å². The molecule has 4 nitrogen and oxygen atoms in total. The van der Waals surface area contributed by atoms with Crippen LogP contribution in [0.15, 0.2) is 18.5 Å². The van der Waals surface area contributed by atoms with Crippen molar-refractivity contribution in [1.82, 2.24) is 15.0 Å². The van der Waals surface area contributed by atoms with Crippen LogP contribution in [0, 0.1) is 0 Å². The van der Waals surface area contributed by atoms with Gasteiger partial charge in [0.25, 0.3) is 0 Å². The van der Waals surface area contributed by atoms with Crippen molar-refractivity contribution in [2.75, 3.05) is 5.32 Å². The summed E-state index contributed by atoms with van der Waals surface area (Å²) in [4.78, 5) is 11.8. The molecule has 0 saturated heterocycles. The zero-order valence-corrected chi connectivity index (χ0v) is 9.24. The Morgan fingerprint density at radius 1 is 1.19 bits per heavy atom. The summed E-state index contributed by atoms with van der Waals surface area (Å²) in [6, 6.07) is 2.56. The third kappa shape index (κ3) is 1.87. The summed E-state index contributed by atoms with van der Waals surface area (Å²) in [5.74, 6) is 0.868. The molecule has 2 heterocycles. The van der Waals surface area contributed by atoms with E-state index < -0.39 is 0 Å². The molecule has 0 atom stereocenters. The Kier molecular flexibility index (Phi) is 2.48. The second-order valence-electron chi connectivity index (χ2n) is 4.45. The Hall–Kier alpha value is -1.58. The van der Waals surface area contributed by atoms with Crippen molar-refractivity contribution in [3.05, 3.63) is 18.5 Å². The molecule has 1 saturated carbocycles. The first-order valence-corrected chi connectivity index (χ1v) is 5.98. The third-order valence-corrected chi connectivity index (χ3v) is 3.25. The zero-order valence-electron chi connectivity index (χ0n) is 9.24. The maximum absolute atomic E-state index is 4.34. The molecule has 0 bridgehead atoms. The molecule has 0 aromatic carbocycles. The smallest absolute Gasteiger partial charge is 0.200 e. The number of hydrogen-bond acceptors (Lipinski definition) is 3. The van der Waals surface area contributed by atoms with Crippen molar-refractivity contribution in [1.29, 1.82) is 0 Å². The van der Waals surface area contributed by atoms with Gasteiger partial charge in [0, 0.05) is 12.2 Å². The van der Waals surface area contributed by atoms with Gasteiger partial charge >= 0.3 is 0 Å². The highest BCUT2D eigenvalue weighted by atomic mass is 15.1. The van der Waals surface area contributed by atoms with Crippen LogP contribution < -0.4 is 5.32 Å². The first-order chi connectivity index (χ1) is 7.92. The van der Waals surface area contributed by atoms with Crippen molar-refractivity contribution >= 4 is 5.95 Å². The van der Waals surface area contributed by atoms with Gasteiger partial charge in [0.05, 0.1) is 11.9 Å². The molecule has 0 unspecified atom stereocenters. The fourth-order valence-corrected chi connectivity index (χ4v) is 2.35. The molecule has 0 aromatic rings. The lowest BCUT2D eigenvalue weighted by Gasteiger charge is -2.23. The number of H-pyrrole nitrogens is 1. The Morgan fingerprint density at radius 2 is 2.06 bits per heavy atom. The van der Waals surface area contributed by atoms with Crippen LogP contribution in [0.3, 0.4) is 0 Å². The van der Waals surface area contributed by atoms with Gasteiger partial charge in [0.2, 0.25) is 5.95 Å². The van der Waals surface area contributed by atoms with Crippen LogP contribution >= 0.6 is 0 Å². The van der Waals surface area contributed by atoms with Gasteiger partial charge in [-0.1, -0.05) is 19.3 Å². The van der Waals surface area contributed by atoms with Crippen LogP contribution in [0.4, 0.5) is 5.95 Å². The number of rotatable bonds is 2. The highest BCUT2D eigenvalue weighted by molar-refractivity contribution is 5.56. The lowest BCUT2D eigenvalue weighted by atomic mass is 9.96. The summed E-state index contributed by atoms with van der Waals surface area (Å²) in [6.07, 6.45) is 10.2. The largest absolute Gasteiger partial charge is 0.353 e. The summed E-state index contributed by atoms with van der Waals surface area (Å²) >= 11 is 0. The van der Waals surface area contributed by atoms with E-state index in [1.807, 2.05) is 12.3 Å². The zero-order chi connectivity index (χ0) is 10.8. The molecule has 4 heteroatoms. The molecule has 1 fully saturated rings. The molecule has 16 heavy (non-hydrogen) atoms. The number of fused-ring (bicyclic) bond motifs is 1. The van der Waals surface area contributed by atoms with Crippen molar-refractivity contribution in [2.45, 2.75) is 38.1 Å². The fourth-order valence-electron chi connectivity index (χ4n) is 2.35. The molecular formula is C12H16N4. The van der Waals surface area contributed by atoms with E-state index >= 15 is 0 Å². The molecule has 1 aliphatic carbocycles. The van der Waals surface area contributed by atoms with Gasteiger partial charge in [-0.3, -0.25) is 4.98 Å². The standard InChI is InChI=1S/C12H16N4/c1-2-4-9(5-3-1)15-12-14-8-11-10(16-12)6-7-13-11/h6-9H,1-5H2,(H2,14,15,16). The SMILES string of the molecule is c1cc2[nH]c(NC3CCCCC3)ncc-2n1. The average Bonchev–Trinajstić information content (AvgIpc) is 2.77. The molecule has 0 amide bonds. The van der Waals surface area contributed by atoms with Crippen LogP contribution in [-0.4, -0.2) is 21.0 Å². The van der Waals surface area contributed by atoms with E-state index in [1.54, 1.807) is 6.20 Å². The van der Waals surface area contributed by atoms with Crippen molar-refractivity contribution in [2.24, 2.45) is 0 Å². The lowest BCUT2D eigenvalue weighted by Crippen LogP contribution is -2.23. The second-order valence-corrected chi connectivity index (χ2v) is 4.45. The molecule has 0 aromatic heterocycles. The lowest BCUT2D eigenvalue weighted by molar-refractivity contribution is 0.461. The average molecular weight is 216 g/mol. The van der Waals surface area contributed by atoms with Crippen LogP contribution in [0.5, 0.6) is 0 Å². The van der Waals surface area contributed by atoms with E-state index in [-0.39, 0.29) is 0 Å². The molecule has 2 aliphatic heterocycles. The number of nitrogens with one attached hydrogen (secondary N) is 2. The minimum atomic E-state index is 0.581. The van der Waals surface area contributed by atoms with Crippen molar-refractivity contribution in [3.63, 3.8) is 0 Å². The van der Waals surface area contributed by atoms with E-state index in [9.17, 15) is 0 Å². The normalized spacial score (nSPS) is 17.8. The van der Waals surface area contributed by atoms with Crippen molar-refractivity contribution in [3.8, 4) is 11.4 Å². The summed E-state index contributed by atoms with van der Waals surface area (Å²) in [7, 11) is 0. The highest BCUT2D eigenvalue weighted by Gasteiger charge is 2.14. The predicted molar refractivity (Wildman–Crippen MR) is 63.5 cm³/mol. The molecule has 3 aliphatic rings. The summed E-state index contributed by atoms with van der Waals surface area (Å²) in [5.41, 5.74) is 1.97. The Bertz CT molecular complexity index is 431. The minimum Gasteiger partial charge on any atom is -0.353 e.